The van der Waals surface area contributed by atoms with E-state index in [-0.39, 0.29) is 0 Å². The number of hydrogen-bond acceptors (Lipinski definition) is 3. The molecule has 0 saturated carbocycles. The number of aliphatic hydroxyl groups is 1. The molecular weight excluding hydrogens is 264 g/mol. The quantitative estimate of drug-likeness (QED) is 0.937. The molecular formula is C13H19ClN4O. The maximum Gasteiger partial charge on any atom is 0.0881 e. The highest BCUT2D eigenvalue weighted by Gasteiger charge is 2.21. The first-order valence-corrected chi connectivity index (χ1v) is 6.56. The topological polar surface area (TPSA) is 55.9 Å². The lowest BCUT2D eigenvalue weighted by Gasteiger charge is -2.12. The van der Waals surface area contributed by atoms with Crippen LogP contribution >= 0.6 is 11.6 Å². The van der Waals surface area contributed by atoms with E-state index in [4.69, 9.17) is 11.6 Å². The van der Waals surface area contributed by atoms with Gasteiger partial charge in [-0.15, -0.1) is 0 Å². The van der Waals surface area contributed by atoms with E-state index in [1.54, 1.807) is 9.36 Å². The molecule has 19 heavy (non-hydrogen) atoms. The molecule has 0 bridgehead atoms. The molecule has 0 fully saturated rings. The van der Waals surface area contributed by atoms with Gasteiger partial charge in [0.1, 0.15) is 0 Å². The number of nitrogens with zero attached hydrogens (tertiary/aromatic N) is 4. The van der Waals surface area contributed by atoms with Crippen molar-refractivity contribution in [3.63, 3.8) is 0 Å². The summed E-state index contributed by atoms with van der Waals surface area (Å²) < 4.78 is 3.51. The summed E-state index contributed by atoms with van der Waals surface area (Å²) in [5.74, 6) is 0. The predicted octanol–water partition coefficient (Wildman–Crippen LogP) is 2.01. The van der Waals surface area contributed by atoms with E-state index in [2.05, 4.69) is 10.2 Å². The third-order valence-electron chi connectivity index (χ3n) is 3.55. The second kappa shape index (κ2) is 4.98. The van der Waals surface area contributed by atoms with E-state index < -0.39 is 6.10 Å². The second-order valence-corrected chi connectivity index (χ2v) is 5.28. The van der Waals surface area contributed by atoms with Crippen molar-refractivity contribution in [3.8, 4) is 0 Å². The van der Waals surface area contributed by atoms with Gasteiger partial charge in [-0.05, 0) is 20.8 Å². The highest BCUT2D eigenvalue weighted by molar-refractivity contribution is 6.31. The van der Waals surface area contributed by atoms with Crippen LogP contribution in [-0.2, 0) is 20.5 Å². The Morgan fingerprint density at radius 3 is 2.11 bits per heavy atom. The lowest BCUT2D eigenvalue weighted by atomic mass is 10.0. The van der Waals surface area contributed by atoms with Crippen molar-refractivity contribution in [2.45, 2.75) is 33.3 Å². The first-order chi connectivity index (χ1) is 8.82. The van der Waals surface area contributed by atoms with E-state index in [1.807, 2.05) is 34.9 Å². The molecule has 1 unspecified atom stereocenters. The molecule has 0 aromatic carbocycles. The summed E-state index contributed by atoms with van der Waals surface area (Å²) in [6.07, 6.45) is -0.190. The van der Waals surface area contributed by atoms with Crippen molar-refractivity contribution in [2.24, 2.45) is 14.1 Å². The SMILES string of the molecule is Cc1nn(C)c(CC(O)c2c(C)nn(C)c2C)c1Cl. The average molecular weight is 283 g/mol. The van der Waals surface area contributed by atoms with E-state index in [9.17, 15) is 5.11 Å². The molecule has 0 aliphatic heterocycles. The van der Waals surface area contributed by atoms with Crippen LogP contribution in [0.1, 0.15) is 34.4 Å². The van der Waals surface area contributed by atoms with Gasteiger partial charge in [-0.2, -0.15) is 10.2 Å². The van der Waals surface area contributed by atoms with Crippen LogP contribution in [0.15, 0.2) is 0 Å². The maximum atomic E-state index is 10.5. The van der Waals surface area contributed by atoms with Crippen LogP contribution in [-0.4, -0.2) is 24.7 Å². The summed E-state index contributed by atoms with van der Waals surface area (Å²) in [5, 5.41) is 19.7. The Morgan fingerprint density at radius 1 is 1.11 bits per heavy atom. The van der Waals surface area contributed by atoms with Crippen molar-refractivity contribution >= 4 is 11.6 Å². The molecule has 2 aromatic rings. The second-order valence-electron chi connectivity index (χ2n) is 4.90. The van der Waals surface area contributed by atoms with Gasteiger partial charge in [-0.1, -0.05) is 11.6 Å². The van der Waals surface area contributed by atoms with Gasteiger partial charge >= 0.3 is 0 Å². The van der Waals surface area contributed by atoms with Crippen LogP contribution in [0.25, 0.3) is 0 Å². The molecule has 1 atom stereocenters. The Kier molecular flexibility index (Phi) is 3.69. The third-order valence-corrected chi connectivity index (χ3v) is 4.04. The van der Waals surface area contributed by atoms with Crippen molar-refractivity contribution in [3.05, 3.63) is 33.4 Å². The molecule has 2 rings (SSSR count). The summed E-state index contributed by atoms with van der Waals surface area (Å²) >= 11 is 6.22. The number of rotatable bonds is 3. The van der Waals surface area contributed by atoms with Crippen molar-refractivity contribution in [1.29, 1.82) is 0 Å². The molecule has 0 radical (unpaired) electrons. The molecule has 1 N–H and O–H groups in total. The minimum absolute atomic E-state index is 0.434. The highest BCUT2D eigenvalue weighted by atomic mass is 35.5. The number of halogens is 1. The lowest BCUT2D eigenvalue weighted by Crippen LogP contribution is -2.08. The molecule has 6 heteroatoms. The summed E-state index contributed by atoms with van der Waals surface area (Å²) in [5.41, 5.74) is 4.32. The van der Waals surface area contributed by atoms with Crippen molar-refractivity contribution in [2.75, 3.05) is 0 Å². The van der Waals surface area contributed by atoms with Gasteiger partial charge in [-0.3, -0.25) is 9.36 Å². The highest BCUT2D eigenvalue weighted by Crippen LogP contribution is 2.28. The fourth-order valence-corrected chi connectivity index (χ4v) is 2.70. The number of aryl methyl sites for hydroxylation is 4. The zero-order valence-electron chi connectivity index (χ0n) is 11.9. The standard InChI is InChI=1S/C13H19ClN4O/c1-7-12(9(3)17(4)15-7)11(19)6-10-13(14)8(2)16-18(10)5/h11,19H,6H2,1-5H3. The monoisotopic (exact) mass is 282 g/mol. The Hall–Kier alpha value is -1.33. The summed E-state index contributed by atoms with van der Waals surface area (Å²) in [6.45, 7) is 5.72. The van der Waals surface area contributed by atoms with E-state index >= 15 is 0 Å². The molecule has 5 nitrogen and oxygen atoms in total. The molecule has 104 valence electrons. The molecule has 0 saturated heterocycles. The molecule has 2 aromatic heterocycles. The largest absolute Gasteiger partial charge is 0.388 e. The average Bonchev–Trinajstić information content (AvgIpc) is 2.70. The Balaban J connectivity index is 2.33. The van der Waals surface area contributed by atoms with Crippen LogP contribution in [0.4, 0.5) is 0 Å². The Bertz CT molecular complexity index is 615. The van der Waals surface area contributed by atoms with Gasteiger partial charge in [0, 0.05) is 31.8 Å². The minimum atomic E-state index is -0.624. The Morgan fingerprint density at radius 2 is 1.68 bits per heavy atom. The summed E-state index contributed by atoms with van der Waals surface area (Å²) in [7, 11) is 3.71. The molecule has 2 heterocycles. The van der Waals surface area contributed by atoms with Gasteiger partial charge < -0.3 is 5.11 Å². The fraction of sp³-hybridized carbons (Fsp3) is 0.538. The van der Waals surface area contributed by atoms with E-state index in [0.29, 0.717) is 11.4 Å². The molecule has 0 spiro atoms. The van der Waals surface area contributed by atoms with Crippen LogP contribution < -0.4 is 0 Å². The zero-order valence-corrected chi connectivity index (χ0v) is 12.7. The third kappa shape index (κ3) is 2.40. The number of aliphatic hydroxyl groups excluding tert-OH is 1. The first-order valence-electron chi connectivity index (χ1n) is 6.19. The van der Waals surface area contributed by atoms with Gasteiger partial charge in [0.2, 0.25) is 0 Å². The maximum absolute atomic E-state index is 10.5. The fourth-order valence-electron chi connectivity index (χ4n) is 2.46. The summed E-state index contributed by atoms with van der Waals surface area (Å²) in [4.78, 5) is 0. The zero-order chi connectivity index (χ0) is 14.3. The van der Waals surface area contributed by atoms with Crippen molar-refractivity contribution in [1.82, 2.24) is 19.6 Å². The lowest BCUT2D eigenvalue weighted by molar-refractivity contribution is 0.174. The minimum Gasteiger partial charge on any atom is -0.388 e. The van der Waals surface area contributed by atoms with Gasteiger partial charge in [-0.25, -0.2) is 0 Å². The predicted molar refractivity (Wildman–Crippen MR) is 74.3 cm³/mol. The van der Waals surface area contributed by atoms with Crippen molar-refractivity contribution < 1.29 is 5.11 Å². The molecule has 0 aliphatic carbocycles. The molecule has 0 amide bonds. The smallest absolute Gasteiger partial charge is 0.0881 e. The van der Waals surface area contributed by atoms with E-state index in [1.165, 1.54) is 0 Å². The van der Waals surface area contributed by atoms with Crippen LogP contribution in [0.2, 0.25) is 5.02 Å². The first kappa shape index (κ1) is 14.1. The molecule has 0 aliphatic rings. The number of hydrogen-bond donors (Lipinski definition) is 1. The van der Waals surface area contributed by atoms with Gasteiger partial charge in [0.05, 0.1) is 28.2 Å². The summed E-state index contributed by atoms with van der Waals surface area (Å²) in [6, 6.07) is 0. The Labute approximate surface area is 117 Å². The van der Waals surface area contributed by atoms with E-state index in [0.717, 1.165) is 28.3 Å². The van der Waals surface area contributed by atoms with Gasteiger partial charge in [0.15, 0.2) is 0 Å². The van der Waals surface area contributed by atoms with Crippen LogP contribution in [0.5, 0.6) is 0 Å². The van der Waals surface area contributed by atoms with Crippen LogP contribution in [0, 0.1) is 20.8 Å². The number of aromatic nitrogens is 4. The van der Waals surface area contributed by atoms with Crippen LogP contribution in [0.3, 0.4) is 0 Å². The van der Waals surface area contributed by atoms with Gasteiger partial charge in [0.25, 0.3) is 0 Å². The normalized spacial score (nSPS) is 13.0.